The second-order valence-electron chi connectivity index (χ2n) is 3.03. The first-order valence-electron chi connectivity index (χ1n) is 4.08. The third-order valence-electron chi connectivity index (χ3n) is 1.92. The van der Waals surface area contributed by atoms with Gasteiger partial charge in [0, 0.05) is 5.56 Å². The Kier molecular flexibility index (Phi) is 5.02. The summed E-state index contributed by atoms with van der Waals surface area (Å²) in [5.41, 5.74) is 4.00. The standard InChI is InChI=1S/C9H9F4NO.ClH/c10-4-7(14)6-3-5(9(11,12)13)1-2-8(6)15;/h1-3,7,15H,4,14H2;1H/t7-;/m0./s1. The number of hydrogen-bond acceptors (Lipinski definition) is 2. The number of phenolic OH excluding ortho intramolecular Hbond substituents is 1. The molecule has 0 fully saturated rings. The van der Waals surface area contributed by atoms with Crippen molar-refractivity contribution >= 4 is 12.4 Å². The number of phenols is 1. The van der Waals surface area contributed by atoms with Crippen LogP contribution in [0.1, 0.15) is 17.2 Å². The van der Waals surface area contributed by atoms with Gasteiger partial charge in [-0.05, 0) is 18.2 Å². The molecule has 7 heteroatoms. The molecular formula is C9H10ClF4NO. The highest BCUT2D eigenvalue weighted by Crippen LogP contribution is 2.33. The Morgan fingerprint density at radius 2 is 1.88 bits per heavy atom. The first-order valence-corrected chi connectivity index (χ1v) is 4.08. The van der Waals surface area contributed by atoms with Crippen molar-refractivity contribution in [2.75, 3.05) is 6.67 Å². The molecule has 0 saturated heterocycles. The molecule has 0 spiro atoms. The van der Waals surface area contributed by atoms with Gasteiger partial charge in [0.1, 0.15) is 12.4 Å². The summed E-state index contributed by atoms with van der Waals surface area (Å²) in [5, 5.41) is 9.19. The molecule has 0 heterocycles. The number of hydrogen-bond donors (Lipinski definition) is 2. The average Bonchev–Trinajstić information content (AvgIpc) is 2.15. The minimum atomic E-state index is -4.53. The lowest BCUT2D eigenvalue weighted by atomic mass is 10.0. The van der Waals surface area contributed by atoms with E-state index in [0.717, 1.165) is 6.07 Å². The fourth-order valence-corrected chi connectivity index (χ4v) is 1.11. The zero-order chi connectivity index (χ0) is 11.6. The van der Waals surface area contributed by atoms with Crippen LogP contribution in [0.5, 0.6) is 5.75 Å². The van der Waals surface area contributed by atoms with Gasteiger partial charge in [-0.1, -0.05) is 0 Å². The molecule has 3 N–H and O–H groups in total. The molecule has 2 nitrogen and oxygen atoms in total. The van der Waals surface area contributed by atoms with E-state index >= 15 is 0 Å². The Balaban J connectivity index is 0.00000225. The van der Waals surface area contributed by atoms with E-state index < -0.39 is 30.2 Å². The second kappa shape index (κ2) is 5.36. The van der Waals surface area contributed by atoms with Gasteiger partial charge in [-0.15, -0.1) is 12.4 Å². The van der Waals surface area contributed by atoms with E-state index in [1.807, 2.05) is 0 Å². The van der Waals surface area contributed by atoms with Gasteiger partial charge in [0.05, 0.1) is 11.6 Å². The quantitative estimate of drug-likeness (QED) is 0.802. The maximum Gasteiger partial charge on any atom is 0.416 e. The molecule has 1 aromatic rings. The van der Waals surface area contributed by atoms with Crippen LogP contribution in [0.25, 0.3) is 0 Å². The van der Waals surface area contributed by atoms with Crippen LogP contribution in [0.4, 0.5) is 17.6 Å². The van der Waals surface area contributed by atoms with Crippen molar-refractivity contribution < 1.29 is 22.7 Å². The molecule has 16 heavy (non-hydrogen) atoms. The predicted octanol–water partition coefficient (Wildman–Crippen LogP) is 2.80. The highest BCUT2D eigenvalue weighted by Gasteiger charge is 2.31. The van der Waals surface area contributed by atoms with E-state index in [1.54, 1.807) is 0 Å². The van der Waals surface area contributed by atoms with E-state index in [9.17, 15) is 22.7 Å². The van der Waals surface area contributed by atoms with Crippen molar-refractivity contribution in [3.05, 3.63) is 29.3 Å². The summed E-state index contributed by atoms with van der Waals surface area (Å²) in [6, 6.07) is 0.976. The molecule has 0 radical (unpaired) electrons. The highest BCUT2D eigenvalue weighted by atomic mass is 35.5. The van der Waals surface area contributed by atoms with Crippen LogP contribution in [-0.4, -0.2) is 11.8 Å². The predicted molar refractivity (Wildman–Crippen MR) is 53.3 cm³/mol. The lowest BCUT2D eigenvalue weighted by molar-refractivity contribution is -0.137. The van der Waals surface area contributed by atoms with Gasteiger partial charge in [0.25, 0.3) is 0 Å². The van der Waals surface area contributed by atoms with Crippen molar-refractivity contribution in [3.63, 3.8) is 0 Å². The first kappa shape index (κ1) is 15.0. The lowest BCUT2D eigenvalue weighted by Gasteiger charge is -2.13. The normalized spacial score (nSPS) is 13.1. The fourth-order valence-electron chi connectivity index (χ4n) is 1.11. The number of halogens is 5. The van der Waals surface area contributed by atoms with Gasteiger partial charge in [0.15, 0.2) is 0 Å². The molecule has 0 bridgehead atoms. The third kappa shape index (κ3) is 3.24. The molecular weight excluding hydrogens is 250 g/mol. The number of rotatable bonds is 2. The zero-order valence-electron chi connectivity index (χ0n) is 7.96. The Morgan fingerprint density at radius 3 is 2.31 bits per heavy atom. The highest BCUT2D eigenvalue weighted by molar-refractivity contribution is 5.85. The molecule has 1 aromatic carbocycles. The third-order valence-corrected chi connectivity index (χ3v) is 1.92. The monoisotopic (exact) mass is 259 g/mol. The van der Waals surface area contributed by atoms with E-state index in [0.29, 0.717) is 12.1 Å². The molecule has 1 atom stereocenters. The van der Waals surface area contributed by atoms with Crippen LogP contribution in [0, 0.1) is 0 Å². The van der Waals surface area contributed by atoms with E-state index in [4.69, 9.17) is 5.73 Å². The Labute approximate surface area is 95.5 Å². The van der Waals surface area contributed by atoms with Crippen molar-refractivity contribution in [1.29, 1.82) is 0 Å². The number of alkyl halides is 4. The van der Waals surface area contributed by atoms with Crippen LogP contribution in [0.15, 0.2) is 18.2 Å². The van der Waals surface area contributed by atoms with Crippen molar-refractivity contribution in [1.82, 2.24) is 0 Å². The summed E-state index contributed by atoms with van der Waals surface area (Å²) >= 11 is 0. The fraction of sp³-hybridized carbons (Fsp3) is 0.333. The van der Waals surface area contributed by atoms with Gasteiger partial charge >= 0.3 is 6.18 Å². The molecule has 0 saturated carbocycles. The SMILES string of the molecule is Cl.N[C@@H](CF)c1cc(C(F)(F)F)ccc1O. The average molecular weight is 260 g/mol. The molecule has 0 aliphatic carbocycles. The molecule has 1 rings (SSSR count). The van der Waals surface area contributed by atoms with Crippen LogP contribution in [-0.2, 0) is 6.18 Å². The molecule has 0 amide bonds. The van der Waals surface area contributed by atoms with Gasteiger partial charge in [0.2, 0.25) is 0 Å². The van der Waals surface area contributed by atoms with Crippen LogP contribution >= 0.6 is 12.4 Å². The van der Waals surface area contributed by atoms with E-state index in [2.05, 4.69) is 0 Å². The molecule has 0 unspecified atom stereocenters. The molecule has 0 aliphatic rings. The van der Waals surface area contributed by atoms with Crippen molar-refractivity contribution in [2.45, 2.75) is 12.2 Å². The smallest absolute Gasteiger partial charge is 0.416 e. The van der Waals surface area contributed by atoms with Crippen LogP contribution in [0.2, 0.25) is 0 Å². The second-order valence-corrected chi connectivity index (χ2v) is 3.03. The van der Waals surface area contributed by atoms with Gasteiger partial charge in [-0.2, -0.15) is 13.2 Å². The van der Waals surface area contributed by atoms with Gasteiger partial charge in [-0.25, -0.2) is 4.39 Å². The summed E-state index contributed by atoms with van der Waals surface area (Å²) in [5.74, 6) is -0.437. The number of nitrogens with two attached hydrogens (primary N) is 1. The maximum absolute atomic E-state index is 12.3. The molecule has 0 aliphatic heterocycles. The van der Waals surface area contributed by atoms with Crippen molar-refractivity contribution in [2.24, 2.45) is 5.73 Å². The van der Waals surface area contributed by atoms with Crippen LogP contribution < -0.4 is 5.73 Å². The van der Waals surface area contributed by atoms with Crippen LogP contribution in [0.3, 0.4) is 0 Å². The molecule has 0 aromatic heterocycles. The lowest BCUT2D eigenvalue weighted by Crippen LogP contribution is -2.14. The van der Waals surface area contributed by atoms with Gasteiger partial charge in [-0.3, -0.25) is 0 Å². The van der Waals surface area contributed by atoms with E-state index in [1.165, 1.54) is 0 Å². The first-order chi connectivity index (χ1) is 6.86. The maximum atomic E-state index is 12.3. The minimum Gasteiger partial charge on any atom is -0.508 e. The minimum absolute atomic E-state index is 0. The summed E-state index contributed by atoms with van der Waals surface area (Å²) in [4.78, 5) is 0. The summed E-state index contributed by atoms with van der Waals surface area (Å²) in [6.07, 6.45) is -4.53. The Bertz CT molecular complexity index is 356. The topological polar surface area (TPSA) is 46.2 Å². The molecule has 92 valence electrons. The Morgan fingerprint density at radius 1 is 1.31 bits per heavy atom. The van der Waals surface area contributed by atoms with E-state index in [-0.39, 0.29) is 18.0 Å². The summed E-state index contributed by atoms with van der Waals surface area (Å²) < 4.78 is 48.9. The Hall–Kier alpha value is -1.01. The summed E-state index contributed by atoms with van der Waals surface area (Å²) in [6.45, 7) is -1.03. The van der Waals surface area contributed by atoms with Gasteiger partial charge < -0.3 is 10.8 Å². The zero-order valence-corrected chi connectivity index (χ0v) is 8.78. The number of benzene rings is 1. The van der Waals surface area contributed by atoms with Crippen molar-refractivity contribution in [3.8, 4) is 5.75 Å². The number of aromatic hydroxyl groups is 1. The summed E-state index contributed by atoms with van der Waals surface area (Å²) in [7, 11) is 0. The largest absolute Gasteiger partial charge is 0.508 e.